The molecule has 21 heavy (non-hydrogen) atoms. The Kier molecular flexibility index (Phi) is 15.4. The van der Waals surface area contributed by atoms with Crippen molar-refractivity contribution in [1.82, 2.24) is 0 Å². The van der Waals surface area contributed by atoms with E-state index in [1.165, 1.54) is 0 Å². The first kappa shape index (κ1) is 25.9. The molecule has 0 bridgehead atoms. The molecule has 123 valence electrons. The summed E-state index contributed by atoms with van der Waals surface area (Å²) in [6.07, 6.45) is 0. The van der Waals surface area contributed by atoms with Crippen molar-refractivity contribution in [3.63, 3.8) is 0 Å². The van der Waals surface area contributed by atoms with Crippen molar-refractivity contribution >= 4 is 74.4 Å². The molecule has 0 aliphatic heterocycles. The molecule has 0 aliphatic rings. The molecule has 0 rings (SSSR count). The fraction of sp³-hybridized carbons (Fsp3) is 0.500. The third kappa shape index (κ3) is 11.2. The maximum atomic E-state index is 10.1. The van der Waals surface area contributed by atoms with Crippen LogP contribution in [0.5, 0.6) is 0 Å². The van der Waals surface area contributed by atoms with E-state index >= 15 is 0 Å². The van der Waals surface area contributed by atoms with E-state index < -0.39 is 44.9 Å². The molecule has 0 aromatic carbocycles. The van der Waals surface area contributed by atoms with Crippen LogP contribution in [0, 0.1) is 0 Å². The van der Waals surface area contributed by atoms with Crippen molar-refractivity contribution in [2.75, 3.05) is 0 Å². The molecule has 0 amide bonds. The van der Waals surface area contributed by atoms with Crippen LogP contribution in [0.2, 0.25) is 0 Å². The maximum absolute atomic E-state index is 10.1. The summed E-state index contributed by atoms with van der Waals surface area (Å²) in [6.45, 7) is 0. The SMILES string of the molecule is O=C(O)C(S)C(S)C(=O)O.O=C(O)C(S)C(S)C(=O)O.[Tc]. The molecule has 4 N–H and O–H groups in total. The summed E-state index contributed by atoms with van der Waals surface area (Å²) in [5.41, 5.74) is 0. The van der Waals surface area contributed by atoms with E-state index in [0.717, 1.165) is 0 Å². The quantitative estimate of drug-likeness (QED) is 0.246. The van der Waals surface area contributed by atoms with E-state index in [-0.39, 0.29) is 20.1 Å². The van der Waals surface area contributed by atoms with Crippen molar-refractivity contribution in [2.24, 2.45) is 0 Å². The number of aliphatic carboxylic acids is 4. The molecule has 0 aromatic heterocycles. The second-order valence-corrected chi connectivity index (χ2v) is 5.36. The Labute approximate surface area is 154 Å². The Morgan fingerprint density at radius 1 is 0.524 bits per heavy atom. The van der Waals surface area contributed by atoms with Gasteiger partial charge in [-0.15, -0.1) is 0 Å². The zero-order valence-electron chi connectivity index (χ0n) is 9.90. The predicted molar refractivity (Wildman–Crippen MR) is 81.6 cm³/mol. The van der Waals surface area contributed by atoms with Crippen molar-refractivity contribution in [3.8, 4) is 0 Å². The van der Waals surface area contributed by atoms with Gasteiger partial charge in [-0.2, -0.15) is 50.5 Å². The minimum absolute atomic E-state index is 0. The summed E-state index contributed by atoms with van der Waals surface area (Å²) in [7, 11) is 0. The second-order valence-electron chi connectivity index (χ2n) is 3.13. The number of carboxylic acids is 4. The van der Waals surface area contributed by atoms with Gasteiger partial charge in [-0.3, -0.25) is 19.2 Å². The Bertz CT molecular complexity index is 320. The second kappa shape index (κ2) is 12.5. The molecule has 13 heteroatoms. The first-order valence-electron chi connectivity index (χ1n) is 4.57. The van der Waals surface area contributed by atoms with Crippen LogP contribution in [0.4, 0.5) is 0 Å². The summed E-state index contributed by atoms with van der Waals surface area (Å²) in [5.74, 6) is -5.15. The van der Waals surface area contributed by atoms with Crippen LogP contribution in [-0.2, 0) is 39.3 Å². The molecule has 0 spiro atoms. The standard InChI is InChI=1S/2C4H6O4S2.Tc/c2*5-3(6)1(9)2(10)4(7)8;/h2*1-2,9-10H,(H,5,6)(H,7,8);. The number of thiol groups is 4. The third-order valence-corrected chi connectivity index (χ3v) is 4.16. The van der Waals surface area contributed by atoms with Crippen LogP contribution in [0.25, 0.3) is 0 Å². The number of hydrogen-bond acceptors (Lipinski definition) is 8. The molecule has 0 saturated carbocycles. The van der Waals surface area contributed by atoms with Gasteiger partial charge in [-0.25, -0.2) is 0 Å². The van der Waals surface area contributed by atoms with Crippen LogP contribution in [-0.4, -0.2) is 65.3 Å². The molecular formula is C8H12O8S4Tc. The van der Waals surface area contributed by atoms with Crippen molar-refractivity contribution in [2.45, 2.75) is 21.0 Å². The van der Waals surface area contributed by atoms with Crippen LogP contribution in [0.15, 0.2) is 0 Å². The van der Waals surface area contributed by atoms with Gasteiger partial charge in [-0.05, 0) is 0 Å². The van der Waals surface area contributed by atoms with E-state index in [0.29, 0.717) is 0 Å². The molecule has 8 nitrogen and oxygen atoms in total. The molecule has 0 fully saturated rings. The molecule has 0 aliphatic carbocycles. The summed E-state index contributed by atoms with van der Waals surface area (Å²) < 4.78 is 0. The Morgan fingerprint density at radius 2 is 0.619 bits per heavy atom. The summed E-state index contributed by atoms with van der Waals surface area (Å²) in [5, 5.41) is 27.8. The first-order chi connectivity index (χ1) is 8.93. The monoisotopic (exact) mass is 461 g/mol. The van der Waals surface area contributed by atoms with Crippen molar-refractivity contribution < 1.29 is 59.7 Å². The number of carboxylic acid groups (broad SMARTS) is 4. The van der Waals surface area contributed by atoms with E-state index in [1.807, 2.05) is 0 Å². The van der Waals surface area contributed by atoms with Crippen LogP contribution in [0.1, 0.15) is 0 Å². The summed E-state index contributed by atoms with van der Waals surface area (Å²) in [4.78, 5) is 40.2. The Hall–Kier alpha value is -0.0706. The van der Waals surface area contributed by atoms with E-state index in [4.69, 9.17) is 20.4 Å². The molecular weight excluding hydrogens is 450 g/mol. The average Bonchev–Trinajstić information content (AvgIpc) is 2.35. The Morgan fingerprint density at radius 3 is 0.667 bits per heavy atom. The normalized spacial score (nSPS) is 15.0. The number of rotatable bonds is 6. The average molecular weight is 462 g/mol. The topological polar surface area (TPSA) is 149 Å². The van der Waals surface area contributed by atoms with E-state index in [1.54, 1.807) is 0 Å². The fourth-order valence-corrected chi connectivity index (χ4v) is 1.05. The fourth-order valence-electron chi connectivity index (χ4n) is 0.540. The van der Waals surface area contributed by atoms with Crippen LogP contribution in [0.3, 0.4) is 0 Å². The summed E-state index contributed by atoms with van der Waals surface area (Å²) >= 11 is 14.0. The van der Waals surface area contributed by atoms with Crippen LogP contribution < -0.4 is 0 Å². The van der Waals surface area contributed by atoms with Gasteiger partial charge in [0, 0.05) is 20.1 Å². The van der Waals surface area contributed by atoms with Gasteiger partial charge in [0.2, 0.25) is 0 Å². The summed E-state index contributed by atoms with van der Waals surface area (Å²) in [6, 6.07) is 0. The van der Waals surface area contributed by atoms with Gasteiger partial charge in [-0.1, -0.05) is 0 Å². The Balaban J connectivity index is -0.000000295. The molecule has 0 saturated heterocycles. The molecule has 0 heterocycles. The van der Waals surface area contributed by atoms with Gasteiger partial charge in [0.05, 0.1) is 0 Å². The van der Waals surface area contributed by atoms with Gasteiger partial charge in [0.1, 0.15) is 21.0 Å². The maximum Gasteiger partial charge on any atom is 0.318 e. The van der Waals surface area contributed by atoms with Gasteiger partial charge in [0.15, 0.2) is 0 Å². The molecule has 4 atom stereocenters. The van der Waals surface area contributed by atoms with Gasteiger partial charge in [0.25, 0.3) is 0 Å². The number of hydrogen-bond donors (Lipinski definition) is 8. The minimum atomic E-state index is -1.29. The smallest absolute Gasteiger partial charge is 0.318 e. The first-order valence-corrected chi connectivity index (χ1v) is 6.63. The molecule has 4 unspecified atom stereocenters. The van der Waals surface area contributed by atoms with Crippen molar-refractivity contribution in [1.29, 1.82) is 0 Å². The van der Waals surface area contributed by atoms with E-state index in [2.05, 4.69) is 50.5 Å². The number of carbonyl (C=O) groups is 4. The largest absolute Gasteiger partial charge is 0.480 e. The molecule has 1 radical (unpaired) electrons. The zero-order valence-corrected chi connectivity index (χ0v) is 15.3. The minimum Gasteiger partial charge on any atom is -0.480 e. The zero-order chi connectivity index (χ0) is 16.6. The molecule has 0 aromatic rings. The predicted octanol–water partition coefficient (Wildman–Crippen LogP) is -0.498. The van der Waals surface area contributed by atoms with Gasteiger partial charge >= 0.3 is 23.9 Å². The van der Waals surface area contributed by atoms with E-state index in [9.17, 15) is 19.2 Å². The van der Waals surface area contributed by atoms with Crippen molar-refractivity contribution in [3.05, 3.63) is 0 Å². The van der Waals surface area contributed by atoms with Crippen LogP contribution >= 0.6 is 50.5 Å². The third-order valence-electron chi connectivity index (χ3n) is 1.61. The van der Waals surface area contributed by atoms with Gasteiger partial charge < -0.3 is 20.4 Å².